The molecular formula is C13H15F3OS. The summed E-state index contributed by atoms with van der Waals surface area (Å²) in [5.41, 5.74) is -3.60. The van der Waals surface area contributed by atoms with Crippen molar-refractivity contribution >= 4 is 17.5 Å². The maximum atomic E-state index is 12.4. The van der Waals surface area contributed by atoms with Crippen molar-refractivity contribution in [2.24, 2.45) is 0 Å². The highest BCUT2D eigenvalue weighted by Gasteiger charge is 2.30. The molecule has 0 amide bonds. The van der Waals surface area contributed by atoms with Gasteiger partial charge in [-0.2, -0.15) is 13.2 Å². The number of rotatable bonds is 2. The Morgan fingerprint density at radius 3 is 2.06 bits per heavy atom. The highest BCUT2D eigenvalue weighted by atomic mass is 32.2. The third-order valence-corrected chi connectivity index (χ3v) is 3.12. The lowest BCUT2D eigenvalue weighted by atomic mass is 9.86. The van der Waals surface area contributed by atoms with E-state index >= 15 is 0 Å². The SMILES string of the molecule is CC(=O)c1cc(SC(F)(F)F)cc(C(C)(C)C)c1. The zero-order chi connectivity index (χ0) is 14.1. The Labute approximate surface area is 109 Å². The van der Waals surface area contributed by atoms with Crippen LogP contribution in [0.3, 0.4) is 0 Å². The van der Waals surface area contributed by atoms with Gasteiger partial charge in [0.1, 0.15) is 0 Å². The summed E-state index contributed by atoms with van der Waals surface area (Å²) in [7, 11) is 0. The molecule has 0 atom stereocenters. The molecule has 0 aliphatic rings. The first-order valence-electron chi connectivity index (χ1n) is 5.41. The molecule has 0 N–H and O–H groups in total. The number of Topliss-reactive ketones (excluding diaryl/α,β-unsaturated/α-hetero) is 1. The van der Waals surface area contributed by atoms with E-state index < -0.39 is 5.51 Å². The van der Waals surface area contributed by atoms with Crippen LogP contribution in [0.4, 0.5) is 13.2 Å². The molecule has 0 unspecified atom stereocenters. The average molecular weight is 276 g/mol. The van der Waals surface area contributed by atoms with Gasteiger partial charge in [-0.3, -0.25) is 4.79 Å². The van der Waals surface area contributed by atoms with Crippen LogP contribution in [0.25, 0.3) is 0 Å². The van der Waals surface area contributed by atoms with Crippen molar-refractivity contribution in [1.82, 2.24) is 0 Å². The topological polar surface area (TPSA) is 17.1 Å². The fourth-order valence-corrected chi connectivity index (χ4v) is 2.07. The standard InChI is InChI=1S/C13H15F3OS/c1-8(17)9-5-10(12(2,3)4)7-11(6-9)18-13(14,15)16/h5-7H,1-4H3. The normalized spacial score (nSPS) is 12.6. The van der Waals surface area contributed by atoms with Crippen molar-refractivity contribution in [3.05, 3.63) is 29.3 Å². The predicted molar refractivity (Wildman–Crippen MR) is 67.1 cm³/mol. The van der Waals surface area contributed by atoms with E-state index in [2.05, 4.69) is 0 Å². The molecule has 0 heterocycles. The summed E-state index contributed by atoms with van der Waals surface area (Å²) in [6.45, 7) is 7.04. The Balaban J connectivity index is 3.27. The van der Waals surface area contributed by atoms with Gasteiger partial charge >= 0.3 is 5.51 Å². The minimum Gasteiger partial charge on any atom is -0.295 e. The molecule has 1 rings (SSSR count). The van der Waals surface area contributed by atoms with Crippen molar-refractivity contribution in [2.75, 3.05) is 0 Å². The van der Waals surface area contributed by atoms with E-state index in [1.165, 1.54) is 19.1 Å². The number of benzene rings is 1. The number of thioether (sulfide) groups is 1. The molecule has 100 valence electrons. The minimum absolute atomic E-state index is 0.0557. The number of hydrogen-bond donors (Lipinski definition) is 0. The van der Waals surface area contributed by atoms with Gasteiger partial charge in [0.25, 0.3) is 0 Å². The van der Waals surface area contributed by atoms with E-state index in [1.54, 1.807) is 6.07 Å². The fraction of sp³-hybridized carbons (Fsp3) is 0.462. The Bertz CT molecular complexity index is 458. The number of hydrogen-bond acceptors (Lipinski definition) is 2. The van der Waals surface area contributed by atoms with Crippen molar-refractivity contribution in [2.45, 2.75) is 43.5 Å². The first-order valence-corrected chi connectivity index (χ1v) is 6.23. The van der Waals surface area contributed by atoms with Crippen LogP contribution in [0.5, 0.6) is 0 Å². The smallest absolute Gasteiger partial charge is 0.295 e. The molecule has 0 saturated carbocycles. The van der Waals surface area contributed by atoms with E-state index in [0.29, 0.717) is 5.56 Å². The zero-order valence-corrected chi connectivity index (χ0v) is 11.5. The molecule has 0 saturated heterocycles. The Hall–Kier alpha value is -0.970. The summed E-state index contributed by atoms with van der Waals surface area (Å²) in [6, 6.07) is 4.43. The quantitative estimate of drug-likeness (QED) is 0.570. The van der Waals surface area contributed by atoms with Crippen LogP contribution in [0.1, 0.15) is 43.6 Å². The van der Waals surface area contributed by atoms with Gasteiger partial charge in [0, 0.05) is 10.5 Å². The predicted octanol–water partition coefficient (Wildman–Crippen LogP) is 4.80. The summed E-state index contributed by atoms with van der Waals surface area (Å²) in [5, 5.41) is 0. The molecule has 0 radical (unpaired) electrons. The van der Waals surface area contributed by atoms with Crippen molar-refractivity contribution in [3.63, 3.8) is 0 Å². The lowest BCUT2D eigenvalue weighted by molar-refractivity contribution is -0.0328. The van der Waals surface area contributed by atoms with Crippen LogP contribution in [-0.2, 0) is 5.41 Å². The van der Waals surface area contributed by atoms with Gasteiger partial charge < -0.3 is 0 Å². The molecule has 0 aromatic heterocycles. The average Bonchev–Trinajstić information content (AvgIpc) is 2.12. The molecule has 0 spiro atoms. The highest BCUT2D eigenvalue weighted by Crippen LogP contribution is 2.39. The Morgan fingerprint density at radius 1 is 1.11 bits per heavy atom. The van der Waals surface area contributed by atoms with Gasteiger partial charge in [0.05, 0.1) is 0 Å². The summed E-state index contributed by atoms with van der Waals surface area (Å²) in [4.78, 5) is 11.4. The van der Waals surface area contributed by atoms with Gasteiger partial charge in [-0.15, -0.1) is 0 Å². The first kappa shape index (κ1) is 15.1. The molecule has 1 nitrogen and oxygen atoms in total. The second-order valence-electron chi connectivity index (χ2n) is 5.10. The Morgan fingerprint density at radius 2 is 1.67 bits per heavy atom. The molecule has 18 heavy (non-hydrogen) atoms. The monoisotopic (exact) mass is 276 g/mol. The van der Waals surface area contributed by atoms with Crippen LogP contribution < -0.4 is 0 Å². The molecule has 5 heteroatoms. The van der Waals surface area contributed by atoms with Crippen molar-refractivity contribution in [1.29, 1.82) is 0 Å². The number of ketones is 1. The van der Waals surface area contributed by atoms with Gasteiger partial charge in [0.15, 0.2) is 5.78 Å². The summed E-state index contributed by atoms with van der Waals surface area (Å²) < 4.78 is 37.1. The van der Waals surface area contributed by atoms with E-state index in [9.17, 15) is 18.0 Å². The van der Waals surface area contributed by atoms with Gasteiger partial charge in [-0.25, -0.2) is 0 Å². The number of halogens is 3. The molecule has 0 aliphatic heterocycles. The third kappa shape index (κ3) is 4.37. The van der Waals surface area contributed by atoms with E-state index in [0.717, 1.165) is 5.56 Å². The first-order chi connectivity index (χ1) is 7.99. The Kier molecular flexibility index (Phi) is 4.15. The van der Waals surface area contributed by atoms with Crippen LogP contribution in [0.15, 0.2) is 23.1 Å². The van der Waals surface area contributed by atoms with Crippen LogP contribution in [0, 0.1) is 0 Å². The second kappa shape index (κ2) is 4.96. The van der Waals surface area contributed by atoms with Crippen LogP contribution in [0.2, 0.25) is 0 Å². The lowest BCUT2D eigenvalue weighted by Crippen LogP contribution is -2.13. The molecule has 0 bridgehead atoms. The fourth-order valence-electron chi connectivity index (χ4n) is 1.43. The number of carbonyl (C=O) groups is 1. The van der Waals surface area contributed by atoms with Crippen LogP contribution in [-0.4, -0.2) is 11.3 Å². The van der Waals surface area contributed by atoms with E-state index in [1.807, 2.05) is 20.8 Å². The molecule has 0 fully saturated rings. The summed E-state index contributed by atoms with van der Waals surface area (Å²) >= 11 is -0.190. The van der Waals surface area contributed by atoms with Crippen molar-refractivity contribution in [3.8, 4) is 0 Å². The van der Waals surface area contributed by atoms with E-state index in [-0.39, 0.29) is 27.9 Å². The van der Waals surface area contributed by atoms with Gasteiger partial charge in [-0.1, -0.05) is 20.8 Å². The van der Waals surface area contributed by atoms with Crippen molar-refractivity contribution < 1.29 is 18.0 Å². The molecule has 1 aromatic carbocycles. The number of carbonyl (C=O) groups excluding carboxylic acids is 1. The van der Waals surface area contributed by atoms with E-state index in [4.69, 9.17) is 0 Å². The lowest BCUT2D eigenvalue weighted by Gasteiger charge is -2.21. The van der Waals surface area contributed by atoms with Gasteiger partial charge in [-0.05, 0) is 47.9 Å². The zero-order valence-electron chi connectivity index (χ0n) is 10.7. The van der Waals surface area contributed by atoms with Gasteiger partial charge in [0.2, 0.25) is 0 Å². The minimum atomic E-state index is -4.34. The summed E-state index contributed by atoms with van der Waals surface area (Å²) in [6.07, 6.45) is 0. The largest absolute Gasteiger partial charge is 0.446 e. The second-order valence-corrected chi connectivity index (χ2v) is 6.24. The molecule has 0 aliphatic carbocycles. The maximum Gasteiger partial charge on any atom is 0.446 e. The molecular weight excluding hydrogens is 261 g/mol. The maximum absolute atomic E-state index is 12.4. The molecule has 1 aromatic rings. The third-order valence-electron chi connectivity index (χ3n) is 2.41. The number of alkyl halides is 3. The van der Waals surface area contributed by atoms with Crippen LogP contribution >= 0.6 is 11.8 Å². The highest BCUT2D eigenvalue weighted by molar-refractivity contribution is 8.00. The summed E-state index contributed by atoms with van der Waals surface area (Å²) in [5.74, 6) is -0.231.